The van der Waals surface area contributed by atoms with E-state index in [-0.39, 0.29) is 22.7 Å². The van der Waals surface area contributed by atoms with Crippen molar-refractivity contribution in [2.24, 2.45) is 0 Å². The van der Waals surface area contributed by atoms with Crippen molar-refractivity contribution in [2.45, 2.75) is 0 Å². The maximum absolute atomic E-state index is 13.2. The summed E-state index contributed by atoms with van der Waals surface area (Å²) in [6.45, 7) is 2.41. The van der Waals surface area contributed by atoms with Crippen molar-refractivity contribution in [3.63, 3.8) is 0 Å². The lowest BCUT2D eigenvalue weighted by atomic mass is 10.1. The van der Waals surface area contributed by atoms with E-state index in [1.807, 2.05) is 30.3 Å². The van der Waals surface area contributed by atoms with Gasteiger partial charge in [-0.25, -0.2) is 0 Å². The van der Waals surface area contributed by atoms with E-state index in [0.29, 0.717) is 37.3 Å². The minimum Gasteiger partial charge on any atom is -0.496 e. The van der Waals surface area contributed by atoms with Crippen molar-refractivity contribution in [2.75, 3.05) is 38.2 Å². The lowest BCUT2D eigenvalue weighted by Gasteiger charge is -2.36. The SMILES string of the molecule is COc1ccc([N+](=O)[O-])c2c(C(=O)N3CCN(c4ccccc4)CC3)nccc12. The number of non-ortho nitro benzene ring substituents is 1. The van der Waals surface area contributed by atoms with Gasteiger partial charge in [-0.1, -0.05) is 18.2 Å². The molecule has 8 nitrogen and oxygen atoms in total. The average molecular weight is 392 g/mol. The number of nitro benzene ring substituents is 1. The summed E-state index contributed by atoms with van der Waals surface area (Å²) < 4.78 is 5.32. The zero-order valence-electron chi connectivity index (χ0n) is 15.9. The van der Waals surface area contributed by atoms with Crippen molar-refractivity contribution in [3.05, 3.63) is 70.5 Å². The molecule has 2 aromatic carbocycles. The number of hydrogen-bond donors (Lipinski definition) is 0. The zero-order valence-corrected chi connectivity index (χ0v) is 15.9. The fraction of sp³-hybridized carbons (Fsp3) is 0.238. The van der Waals surface area contributed by atoms with Crippen LogP contribution >= 0.6 is 0 Å². The van der Waals surface area contributed by atoms with Gasteiger partial charge in [0, 0.05) is 49.5 Å². The number of nitrogens with zero attached hydrogens (tertiary/aromatic N) is 4. The number of fused-ring (bicyclic) bond motifs is 1. The van der Waals surface area contributed by atoms with Crippen molar-refractivity contribution < 1.29 is 14.5 Å². The second-order valence-corrected chi connectivity index (χ2v) is 6.74. The van der Waals surface area contributed by atoms with Crippen LogP contribution in [0.3, 0.4) is 0 Å². The van der Waals surface area contributed by atoms with Crippen LogP contribution in [0.25, 0.3) is 10.8 Å². The first-order chi connectivity index (χ1) is 14.1. The molecule has 0 N–H and O–H groups in total. The number of pyridine rings is 1. The van der Waals surface area contributed by atoms with Crippen molar-refractivity contribution in [3.8, 4) is 5.75 Å². The molecule has 1 aliphatic rings. The predicted octanol–water partition coefficient (Wildman–Crippen LogP) is 3.11. The summed E-state index contributed by atoms with van der Waals surface area (Å²) in [5.74, 6) is 0.163. The Balaban J connectivity index is 1.65. The largest absolute Gasteiger partial charge is 0.496 e. The number of nitro groups is 1. The van der Waals surface area contributed by atoms with E-state index in [9.17, 15) is 14.9 Å². The van der Waals surface area contributed by atoms with Gasteiger partial charge in [-0.3, -0.25) is 19.9 Å². The molecule has 29 heavy (non-hydrogen) atoms. The molecule has 1 saturated heterocycles. The molecule has 0 aliphatic carbocycles. The second-order valence-electron chi connectivity index (χ2n) is 6.74. The molecular formula is C21H20N4O4. The summed E-state index contributed by atoms with van der Waals surface area (Å²) in [5, 5.41) is 12.3. The maximum atomic E-state index is 13.2. The quantitative estimate of drug-likeness (QED) is 0.501. The number of ether oxygens (including phenoxy) is 1. The Bertz CT molecular complexity index is 1060. The van der Waals surface area contributed by atoms with E-state index in [1.165, 1.54) is 25.4 Å². The number of carbonyl (C=O) groups is 1. The molecule has 0 spiro atoms. The number of amides is 1. The van der Waals surface area contributed by atoms with E-state index in [0.717, 1.165) is 5.69 Å². The Labute approximate surface area is 167 Å². The Morgan fingerprint density at radius 1 is 1.07 bits per heavy atom. The van der Waals surface area contributed by atoms with Gasteiger partial charge < -0.3 is 14.5 Å². The van der Waals surface area contributed by atoms with Crippen LogP contribution in [-0.4, -0.2) is 54.0 Å². The predicted molar refractivity (Wildman–Crippen MR) is 110 cm³/mol. The Morgan fingerprint density at radius 3 is 2.45 bits per heavy atom. The van der Waals surface area contributed by atoms with Crippen LogP contribution in [0.2, 0.25) is 0 Å². The van der Waals surface area contributed by atoms with Gasteiger partial charge in [0.1, 0.15) is 11.4 Å². The molecule has 1 amide bonds. The molecule has 0 unspecified atom stereocenters. The summed E-state index contributed by atoms with van der Waals surface area (Å²) in [4.78, 5) is 32.4. The number of hydrogen-bond acceptors (Lipinski definition) is 6. The molecule has 0 bridgehead atoms. The molecular weight excluding hydrogens is 372 g/mol. The minimum absolute atomic E-state index is 0.0845. The number of rotatable bonds is 4. The van der Waals surface area contributed by atoms with Gasteiger partial charge >= 0.3 is 0 Å². The highest BCUT2D eigenvalue weighted by Gasteiger charge is 2.28. The third kappa shape index (κ3) is 3.44. The van der Waals surface area contributed by atoms with Gasteiger partial charge in [-0.15, -0.1) is 0 Å². The fourth-order valence-electron chi connectivity index (χ4n) is 3.70. The molecule has 1 aliphatic heterocycles. The lowest BCUT2D eigenvalue weighted by Crippen LogP contribution is -2.49. The second kappa shape index (κ2) is 7.75. The number of piperazine rings is 1. The van der Waals surface area contributed by atoms with E-state index in [2.05, 4.69) is 9.88 Å². The van der Waals surface area contributed by atoms with Crippen LogP contribution in [-0.2, 0) is 0 Å². The molecule has 4 rings (SSSR count). The van der Waals surface area contributed by atoms with Crippen LogP contribution < -0.4 is 9.64 Å². The third-order valence-corrected chi connectivity index (χ3v) is 5.17. The molecule has 0 radical (unpaired) electrons. The molecule has 0 saturated carbocycles. The lowest BCUT2D eigenvalue weighted by molar-refractivity contribution is -0.383. The van der Waals surface area contributed by atoms with Gasteiger partial charge in [-0.05, 0) is 24.3 Å². The first-order valence-electron chi connectivity index (χ1n) is 9.29. The fourth-order valence-corrected chi connectivity index (χ4v) is 3.70. The van der Waals surface area contributed by atoms with E-state index in [4.69, 9.17) is 4.74 Å². The summed E-state index contributed by atoms with van der Waals surface area (Å²) >= 11 is 0. The molecule has 0 atom stereocenters. The third-order valence-electron chi connectivity index (χ3n) is 5.17. The van der Waals surface area contributed by atoms with Crippen molar-refractivity contribution in [1.82, 2.24) is 9.88 Å². The first-order valence-corrected chi connectivity index (χ1v) is 9.29. The molecule has 8 heteroatoms. The molecule has 1 aromatic heterocycles. The van der Waals surface area contributed by atoms with Crippen LogP contribution in [0, 0.1) is 10.1 Å². The molecule has 148 valence electrons. The van der Waals surface area contributed by atoms with Crippen molar-refractivity contribution in [1.29, 1.82) is 0 Å². The first kappa shape index (κ1) is 18.7. The highest BCUT2D eigenvalue weighted by Crippen LogP contribution is 2.35. The van der Waals surface area contributed by atoms with E-state index in [1.54, 1.807) is 11.0 Å². The summed E-state index contributed by atoms with van der Waals surface area (Å²) in [6.07, 6.45) is 1.49. The van der Waals surface area contributed by atoms with Crippen LogP contribution in [0.15, 0.2) is 54.7 Å². The minimum atomic E-state index is -0.492. The number of carbonyl (C=O) groups excluding carboxylic acids is 1. The Morgan fingerprint density at radius 2 is 1.79 bits per heavy atom. The summed E-state index contributed by atoms with van der Waals surface area (Å²) in [6, 6.07) is 14.5. The number of anilines is 1. The Kier molecular flexibility index (Phi) is 4.99. The normalized spacial score (nSPS) is 14.1. The highest BCUT2D eigenvalue weighted by molar-refractivity contribution is 6.10. The molecule has 2 heterocycles. The van der Waals surface area contributed by atoms with Gasteiger partial charge in [0.15, 0.2) is 0 Å². The molecule has 1 fully saturated rings. The van der Waals surface area contributed by atoms with Crippen molar-refractivity contribution >= 4 is 28.1 Å². The van der Waals surface area contributed by atoms with Gasteiger partial charge in [0.25, 0.3) is 11.6 Å². The zero-order chi connectivity index (χ0) is 20.4. The van der Waals surface area contributed by atoms with Crippen LogP contribution in [0.4, 0.5) is 11.4 Å². The average Bonchev–Trinajstić information content (AvgIpc) is 2.78. The highest BCUT2D eigenvalue weighted by atomic mass is 16.6. The Hall–Kier alpha value is -3.68. The maximum Gasteiger partial charge on any atom is 0.279 e. The van der Waals surface area contributed by atoms with Crippen LogP contribution in [0.1, 0.15) is 10.5 Å². The van der Waals surface area contributed by atoms with Gasteiger partial charge in [0.2, 0.25) is 0 Å². The van der Waals surface area contributed by atoms with Gasteiger partial charge in [0.05, 0.1) is 17.4 Å². The number of methoxy groups -OCH3 is 1. The topological polar surface area (TPSA) is 88.8 Å². The smallest absolute Gasteiger partial charge is 0.279 e. The summed E-state index contributed by atoms with van der Waals surface area (Å²) in [5.41, 5.74) is 1.05. The van der Waals surface area contributed by atoms with Gasteiger partial charge in [-0.2, -0.15) is 0 Å². The molecule has 3 aromatic rings. The monoisotopic (exact) mass is 392 g/mol. The standard InChI is InChI=1S/C21H20N4O4/c1-29-18-8-7-17(25(27)28)19-16(18)9-10-22-20(19)21(26)24-13-11-23(12-14-24)15-5-3-2-4-6-15/h2-10H,11-14H2,1H3. The number of aromatic nitrogens is 1. The van der Waals surface area contributed by atoms with E-state index >= 15 is 0 Å². The summed E-state index contributed by atoms with van der Waals surface area (Å²) in [7, 11) is 1.49. The van der Waals surface area contributed by atoms with Crippen LogP contribution in [0.5, 0.6) is 5.75 Å². The number of para-hydroxylation sites is 1. The number of benzene rings is 2. The van der Waals surface area contributed by atoms with E-state index < -0.39 is 4.92 Å².